The van der Waals surface area contributed by atoms with Crippen LogP contribution in [-0.4, -0.2) is 17.4 Å². The van der Waals surface area contributed by atoms with Gasteiger partial charge in [0.15, 0.2) is 5.13 Å². The third-order valence-corrected chi connectivity index (χ3v) is 3.46. The lowest BCUT2D eigenvalue weighted by molar-refractivity contribution is -0.137. The molecule has 9 heteroatoms. The van der Waals surface area contributed by atoms with E-state index in [1.165, 1.54) is 11.3 Å². The standard InChI is InChI=1S/C12H9ClF3N3OS/c13-8-2-1-7(12(14,15)16)5-9(8)19-10(20)6-18-11-17-3-4-21-11/h1-5H,6H2,(H,17,18)(H,19,20). The Morgan fingerprint density at radius 3 is 2.76 bits per heavy atom. The van der Waals surface area contributed by atoms with E-state index in [2.05, 4.69) is 15.6 Å². The van der Waals surface area contributed by atoms with Gasteiger partial charge in [0, 0.05) is 11.6 Å². The van der Waals surface area contributed by atoms with Crippen molar-refractivity contribution in [3.8, 4) is 0 Å². The van der Waals surface area contributed by atoms with Crippen molar-refractivity contribution < 1.29 is 18.0 Å². The van der Waals surface area contributed by atoms with Gasteiger partial charge in [-0.2, -0.15) is 13.2 Å². The third-order valence-electron chi connectivity index (χ3n) is 2.40. The monoisotopic (exact) mass is 335 g/mol. The molecule has 0 atom stereocenters. The van der Waals surface area contributed by atoms with Gasteiger partial charge in [-0.05, 0) is 18.2 Å². The summed E-state index contributed by atoms with van der Waals surface area (Å²) in [5.41, 5.74) is -0.965. The predicted octanol–water partition coefficient (Wildman–Crippen LogP) is 3.87. The highest BCUT2D eigenvalue weighted by atomic mass is 35.5. The number of nitrogens with one attached hydrogen (secondary N) is 2. The van der Waals surface area contributed by atoms with Crippen LogP contribution in [0.2, 0.25) is 5.02 Å². The summed E-state index contributed by atoms with van der Waals surface area (Å²) in [6.45, 7) is -0.125. The Morgan fingerprint density at radius 1 is 1.38 bits per heavy atom. The first kappa shape index (κ1) is 15.6. The number of amides is 1. The number of aromatic nitrogens is 1. The molecule has 1 amide bonds. The normalized spacial score (nSPS) is 11.2. The molecule has 1 heterocycles. The molecule has 0 fully saturated rings. The lowest BCUT2D eigenvalue weighted by Crippen LogP contribution is -2.22. The van der Waals surface area contributed by atoms with E-state index in [4.69, 9.17) is 11.6 Å². The van der Waals surface area contributed by atoms with Gasteiger partial charge >= 0.3 is 6.18 Å². The molecular formula is C12H9ClF3N3OS. The summed E-state index contributed by atoms with van der Waals surface area (Å²) in [5, 5.41) is 7.37. The molecular weight excluding hydrogens is 327 g/mol. The second-order valence-corrected chi connectivity index (χ2v) is 5.23. The van der Waals surface area contributed by atoms with Crippen LogP contribution in [0.15, 0.2) is 29.8 Å². The van der Waals surface area contributed by atoms with E-state index in [9.17, 15) is 18.0 Å². The smallest absolute Gasteiger partial charge is 0.352 e. The van der Waals surface area contributed by atoms with Gasteiger partial charge in [0.05, 0.1) is 22.8 Å². The van der Waals surface area contributed by atoms with Crippen molar-refractivity contribution in [1.29, 1.82) is 0 Å². The van der Waals surface area contributed by atoms with Crippen molar-refractivity contribution >= 4 is 39.7 Å². The molecule has 2 N–H and O–H groups in total. The summed E-state index contributed by atoms with van der Waals surface area (Å²) in [4.78, 5) is 15.6. The second-order valence-electron chi connectivity index (χ2n) is 3.93. The van der Waals surface area contributed by atoms with Crippen LogP contribution in [0.5, 0.6) is 0 Å². The zero-order valence-electron chi connectivity index (χ0n) is 10.4. The highest BCUT2D eigenvalue weighted by Crippen LogP contribution is 2.33. The minimum atomic E-state index is -4.50. The molecule has 4 nitrogen and oxygen atoms in total. The summed E-state index contributed by atoms with van der Waals surface area (Å²) in [6.07, 6.45) is -2.93. The van der Waals surface area contributed by atoms with E-state index in [0.29, 0.717) is 5.13 Å². The van der Waals surface area contributed by atoms with Gasteiger partial charge < -0.3 is 10.6 Å². The molecule has 0 saturated heterocycles. The van der Waals surface area contributed by atoms with Crippen molar-refractivity contribution in [2.24, 2.45) is 0 Å². The highest BCUT2D eigenvalue weighted by molar-refractivity contribution is 7.13. The van der Waals surface area contributed by atoms with Crippen molar-refractivity contribution in [3.05, 3.63) is 40.4 Å². The zero-order valence-corrected chi connectivity index (χ0v) is 11.9. The Hall–Kier alpha value is -1.80. The van der Waals surface area contributed by atoms with E-state index in [-0.39, 0.29) is 17.3 Å². The number of nitrogens with zero attached hydrogens (tertiary/aromatic N) is 1. The van der Waals surface area contributed by atoms with Crippen molar-refractivity contribution in [2.75, 3.05) is 17.2 Å². The molecule has 0 aliphatic carbocycles. The molecule has 1 aromatic heterocycles. The van der Waals surface area contributed by atoms with Gasteiger partial charge in [0.25, 0.3) is 0 Å². The van der Waals surface area contributed by atoms with E-state index in [0.717, 1.165) is 18.2 Å². The highest BCUT2D eigenvalue weighted by Gasteiger charge is 2.31. The van der Waals surface area contributed by atoms with E-state index in [1.807, 2.05) is 0 Å². The first-order valence-corrected chi connectivity index (χ1v) is 6.92. The van der Waals surface area contributed by atoms with Gasteiger partial charge in [-0.25, -0.2) is 4.98 Å². The van der Waals surface area contributed by atoms with Crippen LogP contribution in [0.3, 0.4) is 0 Å². The number of carbonyl (C=O) groups excluding carboxylic acids is 1. The fourth-order valence-corrected chi connectivity index (χ4v) is 2.15. The van der Waals surface area contributed by atoms with Crippen LogP contribution in [0.1, 0.15) is 5.56 Å². The molecule has 0 spiro atoms. The maximum Gasteiger partial charge on any atom is 0.416 e. The Labute approximate surface area is 127 Å². The van der Waals surface area contributed by atoms with Gasteiger partial charge in [0.1, 0.15) is 0 Å². The van der Waals surface area contributed by atoms with Crippen molar-refractivity contribution in [1.82, 2.24) is 4.98 Å². The number of thiazole rings is 1. The number of rotatable bonds is 4. The minimum Gasteiger partial charge on any atom is -0.352 e. The first-order chi connectivity index (χ1) is 9.86. The lowest BCUT2D eigenvalue weighted by atomic mass is 10.2. The van der Waals surface area contributed by atoms with E-state index >= 15 is 0 Å². The van der Waals surface area contributed by atoms with Crippen molar-refractivity contribution in [2.45, 2.75) is 6.18 Å². The Kier molecular flexibility index (Phi) is 4.69. The molecule has 112 valence electrons. The summed E-state index contributed by atoms with van der Waals surface area (Å²) in [5.74, 6) is -0.522. The molecule has 0 bridgehead atoms. The first-order valence-electron chi connectivity index (χ1n) is 5.66. The zero-order chi connectivity index (χ0) is 15.5. The Balaban J connectivity index is 2.03. The minimum absolute atomic E-state index is 0.0330. The Bertz CT molecular complexity index is 631. The van der Waals surface area contributed by atoms with E-state index < -0.39 is 17.6 Å². The quantitative estimate of drug-likeness (QED) is 0.892. The molecule has 2 rings (SSSR count). The topological polar surface area (TPSA) is 54.0 Å². The van der Waals surface area contributed by atoms with Crippen LogP contribution in [0.25, 0.3) is 0 Å². The summed E-state index contributed by atoms with van der Waals surface area (Å²) in [6, 6.07) is 2.74. The average molecular weight is 336 g/mol. The maximum absolute atomic E-state index is 12.6. The molecule has 0 aliphatic heterocycles. The number of halogens is 4. The molecule has 0 unspecified atom stereocenters. The van der Waals surface area contributed by atoms with Gasteiger partial charge in [-0.15, -0.1) is 11.3 Å². The van der Waals surface area contributed by atoms with Crippen LogP contribution < -0.4 is 10.6 Å². The van der Waals surface area contributed by atoms with Crippen molar-refractivity contribution in [3.63, 3.8) is 0 Å². The molecule has 0 radical (unpaired) electrons. The van der Waals surface area contributed by atoms with E-state index in [1.54, 1.807) is 11.6 Å². The summed E-state index contributed by atoms with van der Waals surface area (Å²) in [7, 11) is 0. The number of alkyl halides is 3. The van der Waals surface area contributed by atoms with Crippen LogP contribution in [-0.2, 0) is 11.0 Å². The van der Waals surface area contributed by atoms with Crippen LogP contribution >= 0.6 is 22.9 Å². The SMILES string of the molecule is O=C(CNc1nccs1)Nc1cc(C(F)(F)F)ccc1Cl. The molecule has 0 aliphatic rings. The molecule has 1 aromatic carbocycles. The van der Waals surface area contributed by atoms with Crippen LogP contribution in [0.4, 0.5) is 24.0 Å². The molecule has 0 saturated carbocycles. The van der Waals surface area contributed by atoms with Gasteiger partial charge in [0.2, 0.25) is 5.91 Å². The second kappa shape index (κ2) is 6.31. The van der Waals surface area contributed by atoms with Gasteiger partial charge in [-0.3, -0.25) is 4.79 Å². The fourth-order valence-electron chi connectivity index (χ4n) is 1.46. The fraction of sp³-hybridized carbons (Fsp3) is 0.167. The third kappa shape index (κ3) is 4.33. The summed E-state index contributed by atoms with van der Waals surface area (Å²) >= 11 is 7.08. The number of hydrogen-bond donors (Lipinski definition) is 2. The Morgan fingerprint density at radius 2 is 2.14 bits per heavy atom. The molecule has 21 heavy (non-hydrogen) atoms. The average Bonchev–Trinajstić information content (AvgIpc) is 2.91. The number of carbonyl (C=O) groups is 1. The molecule has 2 aromatic rings. The van der Waals surface area contributed by atoms with Crippen LogP contribution in [0, 0.1) is 0 Å². The number of benzene rings is 1. The van der Waals surface area contributed by atoms with Gasteiger partial charge in [-0.1, -0.05) is 11.6 Å². The lowest BCUT2D eigenvalue weighted by Gasteiger charge is -2.11. The predicted molar refractivity (Wildman–Crippen MR) is 75.7 cm³/mol. The summed E-state index contributed by atoms with van der Waals surface area (Å²) < 4.78 is 37.8. The maximum atomic E-state index is 12.6. The largest absolute Gasteiger partial charge is 0.416 e. The number of hydrogen-bond acceptors (Lipinski definition) is 4. The number of anilines is 2.